The predicted molar refractivity (Wildman–Crippen MR) is 70.8 cm³/mol. The minimum absolute atomic E-state index is 0.00696. The number of ether oxygens (including phenoxy) is 1. The number of nitrogens with one attached hydrogen (secondary N) is 1. The monoisotopic (exact) mass is 299 g/mol. The van der Waals surface area contributed by atoms with Crippen LogP contribution >= 0.6 is 11.6 Å². The van der Waals surface area contributed by atoms with Gasteiger partial charge in [0.25, 0.3) is 10.0 Å². The van der Waals surface area contributed by atoms with Crippen molar-refractivity contribution >= 4 is 27.3 Å². The van der Waals surface area contributed by atoms with Gasteiger partial charge in [-0.15, -0.1) is 0 Å². The molecule has 8 heteroatoms. The maximum atomic E-state index is 12.1. The zero-order chi connectivity index (χ0) is 13.9. The van der Waals surface area contributed by atoms with E-state index in [1.807, 2.05) is 0 Å². The van der Waals surface area contributed by atoms with Crippen molar-refractivity contribution in [3.63, 3.8) is 0 Å². The Morgan fingerprint density at radius 1 is 1.21 bits per heavy atom. The summed E-state index contributed by atoms with van der Waals surface area (Å²) in [7, 11) is -2.35. The molecule has 2 aromatic rings. The van der Waals surface area contributed by atoms with Gasteiger partial charge in [-0.05, 0) is 12.1 Å². The molecule has 0 saturated carbocycles. The molecule has 1 aromatic heterocycles. The van der Waals surface area contributed by atoms with E-state index in [0.29, 0.717) is 0 Å². The Labute approximate surface area is 115 Å². The quantitative estimate of drug-likeness (QED) is 0.933. The molecule has 1 heterocycles. The van der Waals surface area contributed by atoms with Gasteiger partial charge in [-0.3, -0.25) is 4.72 Å². The molecule has 2 rings (SSSR count). The van der Waals surface area contributed by atoms with Crippen molar-refractivity contribution in [1.29, 1.82) is 0 Å². The zero-order valence-corrected chi connectivity index (χ0v) is 11.4. The van der Waals surface area contributed by atoms with Crippen molar-refractivity contribution in [3.8, 4) is 6.01 Å². The number of aromatic nitrogens is 2. The van der Waals surface area contributed by atoms with Crippen molar-refractivity contribution in [3.05, 3.63) is 41.7 Å². The molecular formula is C11H10ClN3O3S. The topological polar surface area (TPSA) is 81.2 Å². The van der Waals surface area contributed by atoms with Gasteiger partial charge in [-0.25, -0.2) is 18.4 Å². The first-order valence-electron chi connectivity index (χ1n) is 5.16. The number of rotatable bonds is 4. The number of sulfonamides is 1. The Hall–Kier alpha value is -1.86. The molecule has 6 nitrogen and oxygen atoms in total. The smallest absolute Gasteiger partial charge is 0.316 e. The molecule has 0 unspecified atom stereocenters. The van der Waals surface area contributed by atoms with Gasteiger partial charge >= 0.3 is 6.01 Å². The maximum Gasteiger partial charge on any atom is 0.316 e. The SMILES string of the molecule is COc1ncc(NS(=O)(=O)c2ccccc2Cl)cn1. The fourth-order valence-electron chi connectivity index (χ4n) is 1.35. The number of hydrogen-bond donors (Lipinski definition) is 1. The number of hydrogen-bond acceptors (Lipinski definition) is 5. The molecule has 0 aliphatic carbocycles. The summed E-state index contributed by atoms with van der Waals surface area (Å²) < 4.78 is 31.3. The van der Waals surface area contributed by atoms with Gasteiger partial charge in [0.2, 0.25) is 0 Å². The van der Waals surface area contributed by atoms with E-state index in [9.17, 15) is 8.42 Å². The molecular weight excluding hydrogens is 290 g/mol. The molecule has 1 N–H and O–H groups in total. The lowest BCUT2D eigenvalue weighted by atomic mass is 10.4. The van der Waals surface area contributed by atoms with Crippen molar-refractivity contribution < 1.29 is 13.2 Å². The first-order valence-corrected chi connectivity index (χ1v) is 7.02. The van der Waals surface area contributed by atoms with Gasteiger partial charge < -0.3 is 4.74 Å². The first kappa shape index (κ1) is 13.6. The van der Waals surface area contributed by atoms with Crippen molar-refractivity contribution in [2.45, 2.75) is 4.90 Å². The van der Waals surface area contributed by atoms with Crippen molar-refractivity contribution in [2.24, 2.45) is 0 Å². The van der Waals surface area contributed by atoms with E-state index in [1.54, 1.807) is 12.1 Å². The number of methoxy groups -OCH3 is 1. The Kier molecular flexibility index (Phi) is 3.87. The second-order valence-corrected chi connectivity index (χ2v) is 5.55. The van der Waals surface area contributed by atoms with E-state index in [0.717, 1.165) is 0 Å². The maximum absolute atomic E-state index is 12.1. The van der Waals surface area contributed by atoms with Crippen LogP contribution in [-0.4, -0.2) is 25.5 Å². The van der Waals surface area contributed by atoms with Crippen LogP contribution in [0.4, 0.5) is 5.69 Å². The Balaban J connectivity index is 2.28. The third-order valence-electron chi connectivity index (χ3n) is 2.19. The fraction of sp³-hybridized carbons (Fsp3) is 0.0909. The average molecular weight is 300 g/mol. The molecule has 0 saturated heterocycles. The standard InChI is InChI=1S/C11H10ClN3O3S/c1-18-11-13-6-8(7-14-11)15-19(16,17)10-5-3-2-4-9(10)12/h2-7,15H,1H3. The van der Waals surface area contributed by atoms with Crippen molar-refractivity contribution in [2.75, 3.05) is 11.8 Å². The second kappa shape index (κ2) is 5.41. The predicted octanol–water partition coefficient (Wildman–Crippen LogP) is 1.94. The van der Waals surface area contributed by atoms with Crippen LogP contribution in [0.2, 0.25) is 5.02 Å². The summed E-state index contributed by atoms with van der Waals surface area (Å²) in [5.41, 5.74) is 0.223. The van der Waals surface area contributed by atoms with Crippen LogP contribution in [0.25, 0.3) is 0 Å². The minimum atomic E-state index is -3.77. The highest BCUT2D eigenvalue weighted by Crippen LogP contribution is 2.22. The molecule has 0 spiro atoms. The number of halogens is 1. The molecule has 0 aliphatic heterocycles. The Bertz CT molecular complexity index is 674. The summed E-state index contributed by atoms with van der Waals surface area (Å²) in [4.78, 5) is 7.60. The van der Waals surface area contributed by atoms with Gasteiger partial charge in [0.1, 0.15) is 4.90 Å². The molecule has 0 aliphatic rings. The third kappa shape index (κ3) is 3.12. The van der Waals surface area contributed by atoms with Gasteiger partial charge in [-0.1, -0.05) is 23.7 Å². The summed E-state index contributed by atoms with van der Waals surface area (Å²) in [6.45, 7) is 0. The van der Waals surface area contributed by atoms with E-state index in [4.69, 9.17) is 16.3 Å². The number of nitrogens with zero attached hydrogens (tertiary/aromatic N) is 2. The molecule has 0 amide bonds. The molecule has 100 valence electrons. The van der Waals surface area contributed by atoms with Gasteiger partial charge in [0, 0.05) is 0 Å². The van der Waals surface area contributed by atoms with E-state index in [1.165, 1.54) is 31.6 Å². The fourth-order valence-corrected chi connectivity index (χ4v) is 2.90. The highest BCUT2D eigenvalue weighted by atomic mass is 35.5. The van der Waals surface area contributed by atoms with E-state index in [2.05, 4.69) is 14.7 Å². The normalized spacial score (nSPS) is 11.1. The summed E-state index contributed by atoms with van der Waals surface area (Å²) in [6, 6.07) is 6.30. The summed E-state index contributed by atoms with van der Waals surface area (Å²) in [6.07, 6.45) is 2.61. The van der Waals surface area contributed by atoms with Crippen LogP contribution < -0.4 is 9.46 Å². The van der Waals surface area contributed by atoms with E-state index in [-0.39, 0.29) is 21.6 Å². The highest BCUT2D eigenvalue weighted by molar-refractivity contribution is 7.92. The minimum Gasteiger partial charge on any atom is -0.467 e. The van der Waals surface area contributed by atoms with Crippen LogP contribution in [0, 0.1) is 0 Å². The average Bonchev–Trinajstić information content (AvgIpc) is 2.39. The molecule has 0 atom stereocenters. The van der Waals surface area contributed by atoms with E-state index < -0.39 is 10.0 Å². The van der Waals surface area contributed by atoms with Crippen LogP contribution in [0.15, 0.2) is 41.6 Å². The summed E-state index contributed by atoms with van der Waals surface area (Å²) in [5.74, 6) is 0. The lowest BCUT2D eigenvalue weighted by molar-refractivity contribution is 0.380. The second-order valence-electron chi connectivity index (χ2n) is 3.49. The number of anilines is 1. The van der Waals surface area contributed by atoms with Crippen LogP contribution in [0.5, 0.6) is 6.01 Å². The molecule has 19 heavy (non-hydrogen) atoms. The summed E-state index contributed by atoms with van der Waals surface area (Å²) >= 11 is 5.85. The van der Waals surface area contributed by atoms with Crippen LogP contribution in [0.3, 0.4) is 0 Å². The largest absolute Gasteiger partial charge is 0.467 e. The van der Waals surface area contributed by atoms with Crippen LogP contribution in [0.1, 0.15) is 0 Å². The van der Waals surface area contributed by atoms with Gasteiger partial charge in [-0.2, -0.15) is 0 Å². The Morgan fingerprint density at radius 2 is 1.84 bits per heavy atom. The Morgan fingerprint density at radius 3 is 2.42 bits per heavy atom. The first-order chi connectivity index (χ1) is 9.03. The zero-order valence-electron chi connectivity index (χ0n) is 9.87. The van der Waals surface area contributed by atoms with Crippen LogP contribution in [-0.2, 0) is 10.0 Å². The van der Waals surface area contributed by atoms with Gasteiger partial charge in [0.15, 0.2) is 0 Å². The highest BCUT2D eigenvalue weighted by Gasteiger charge is 2.17. The molecule has 0 fully saturated rings. The molecule has 1 aromatic carbocycles. The lowest BCUT2D eigenvalue weighted by Gasteiger charge is -2.08. The summed E-state index contributed by atoms with van der Waals surface area (Å²) in [5, 5.41) is 0.143. The molecule has 0 bridgehead atoms. The van der Waals surface area contributed by atoms with Gasteiger partial charge in [0.05, 0.1) is 30.2 Å². The lowest BCUT2D eigenvalue weighted by Crippen LogP contribution is -2.13. The third-order valence-corrected chi connectivity index (χ3v) is 4.07. The number of benzene rings is 1. The van der Waals surface area contributed by atoms with Crippen molar-refractivity contribution in [1.82, 2.24) is 9.97 Å². The van der Waals surface area contributed by atoms with E-state index >= 15 is 0 Å². The molecule has 0 radical (unpaired) electrons.